The molecule has 2 aromatic rings. The van der Waals surface area contributed by atoms with Gasteiger partial charge < -0.3 is 10.2 Å². The number of benzene rings is 2. The van der Waals surface area contributed by atoms with Crippen LogP contribution in [0.15, 0.2) is 59.5 Å². The number of carbonyl (C=O) groups excluding carboxylic acids is 3. The predicted octanol–water partition coefficient (Wildman–Crippen LogP) is 2.16. The molecule has 0 aliphatic carbocycles. The fourth-order valence-corrected chi connectivity index (χ4v) is 4.95. The van der Waals surface area contributed by atoms with Crippen LogP contribution in [0.5, 0.6) is 0 Å². The first-order valence-electron chi connectivity index (χ1n) is 10.5. The molecule has 3 rings (SSSR count). The normalized spacial score (nSPS) is 16.2. The Hall–Kier alpha value is -3.20. The lowest BCUT2D eigenvalue weighted by molar-refractivity contribution is -0.140. The standard InChI is InChI=1S/C23H27N3O5S/c1-4-16(2)24-22(28)17(3)25(14-18-10-6-5-7-11-18)21(27)15-26-23(29)19-12-8-9-13-20(19)32(26,30)31/h5-13,16-17H,4,14-15H2,1-3H3,(H,24,28). The smallest absolute Gasteiger partial charge is 0.269 e. The fraction of sp³-hybridized carbons (Fsp3) is 0.348. The van der Waals surface area contributed by atoms with Gasteiger partial charge in [0.05, 0.1) is 5.56 Å². The van der Waals surface area contributed by atoms with E-state index in [9.17, 15) is 22.8 Å². The highest BCUT2D eigenvalue weighted by molar-refractivity contribution is 7.90. The third-order valence-electron chi connectivity index (χ3n) is 5.55. The first-order valence-corrected chi connectivity index (χ1v) is 11.9. The Morgan fingerprint density at radius 3 is 2.28 bits per heavy atom. The predicted molar refractivity (Wildman–Crippen MR) is 119 cm³/mol. The highest BCUT2D eigenvalue weighted by Gasteiger charge is 2.43. The summed E-state index contributed by atoms with van der Waals surface area (Å²) in [5.74, 6) is -1.72. The van der Waals surface area contributed by atoms with Gasteiger partial charge in [-0.1, -0.05) is 49.4 Å². The summed E-state index contributed by atoms with van der Waals surface area (Å²) >= 11 is 0. The number of hydrogen-bond donors (Lipinski definition) is 1. The van der Waals surface area contributed by atoms with E-state index >= 15 is 0 Å². The highest BCUT2D eigenvalue weighted by Crippen LogP contribution is 2.30. The van der Waals surface area contributed by atoms with E-state index in [-0.39, 0.29) is 29.0 Å². The van der Waals surface area contributed by atoms with Crippen molar-refractivity contribution in [1.82, 2.24) is 14.5 Å². The molecule has 0 saturated heterocycles. The Bertz CT molecular complexity index is 1120. The molecule has 0 saturated carbocycles. The number of amides is 3. The van der Waals surface area contributed by atoms with Crippen LogP contribution < -0.4 is 5.32 Å². The highest BCUT2D eigenvalue weighted by atomic mass is 32.2. The molecule has 3 amide bonds. The van der Waals surface area contributed by atoms with Crippen molar-refractivity contribution in [2.45, 2.75) is 50.7 Å². The Kier molecular flexibility index (Phi) is 6.98. The lowest BCUT2D eigenvalue weighted by Gasteiger charge is -2.30. The number of carbonyl (C=O) groups is 3. The van der Waals surface area contributed by atoms with Crippen molar-refractivity contribution in [2.75, 3.05) is 6.54 Å². The van der Waals surface area contributed by atoms with E-state index in [2.05, 4.69) is 5.32 Å². The molecule has 9 heteroatoms. The molecule has 1 aliphatic rings. The fourth-order valence-electron chi connectivity index (χ4n) is 3.43. The number of sulfonamides is 1. The van der Waals surface area contributed by atoms with Gasteiger partial charge in [0.2, 0.25) is 11.8 Å². The van der Waals surface area contributed by atoms with Crippen LogP contribution in [0.2, 0.25) is 0 Å². The maximum absolute atomic E-state index is 13.3. The number of hydrogen-bond acceptors (Lipinski definition) is 5. The maximum atomic E-state index is 13.3. The Labute approximate surface area is 188 Å². The Morgan fingerprint density at radius 2 is 1.66 bits per heavy atom. The van der Waals surface area contributed by atoms with Gasteiger partial charge in [-0.05, 0) is 38.0 Å². The minimum atomic E-state index is -4.13. The molecular formula is C23H27N3O5S. The summed E-state index contributed by atoms with van der Waals surface area (Å²) in [7, 11) is -4.13. The monoisotopic (exact) mass is 457 g/mol. The van der Waals surface area contributed by atoms with Crippen molar-refractivity contribution in [1.29, 1.82) is 0 Å². The average molecular weight is 458 g/mol. The van der Waals surface area contributed by atoms with Gasteiger partial charge in [0.1, 0.15) is 17.5 Å². The molecule has 0 aromatic heterocycles. The van der Waals surface area contributed by atoms with Crippen molar-refractivity contribution in [2.24, 2.45) is 0 Å². The van der Waals surface area contributed by atoms with Crippen molar-refractivity contribution in [3.8, 4) is 0 Å². The number of rotatable bonds is 8. The third-order valence-corrected chi connectivity index (χ3v) is 7.34. The average Bonchev–Trinajstić information content (AvgIpc) is 2.98. The van der Waals surface area contributed by atoms with Crippen LogP contribution in [0.3, 0.4) is 0 Å². The molecule has 170 valence electrons. The van der Waals surface area contributed by atoms with E-state index in [1.165, 1.54) is 23.1 Å². The zero-order chi connectivity index (χ0) is 23.5. The first-order chi connectivity index (χ1) is 15.2. The summed E-state index contributed by atoms with van der Waals surface area (Å²) in [6, 6.07) is 14.0. The second kappa shape index (κ2) is 9.52. The van der Waals surface area contributed by atoms with Crippen LogP contribution in [0.1, 0.15) is 43.1 Å². The summed E-state index contributed by atoms with van der Waals surface area (Å²) in [6.45, 7) is 4.81. The minimum Gasteiger partial charge on any atom is -0.352 e. The van der Waals surface area contributed by atoms with Crippen molar-refractivity contribution in [3.05, 3.63) is 65.7 Å². The van der Waals surface area contributed by atoms with Gasteiger partial charge in [-0.15, -0.1) is 0 Å². The molecule has 8 nitrogen and oxygen atoms in total. The Morgan fingerprint density at radius 1 is 1.03 bits per heavy atom. The van der Waals surface area contributed by atoms with E-state index in [1.807, 2.05) is 44.2 Å². The second-order valence-corrected chi connectivity index (χ2v) is 9.64. The zero-order valence-electron chi connectivity index (χ0n) is 18.3. The van der Waals surface area contributed by atoms with Gasteiger partial charge in [0, 0.05) is 12.6 Å². The van der Waals surface area contributed by atoms with Crippen LogP contribution in [-0.4, -0.2) is 54.0 Å². The largest absolute Gasteiger partial charge is 0.352 e. The quantitative estimate of drug-likeness (QED) is 0.654. The van der Waals surface area contributed by atoms with Crippen LogP contribution in [0.25, 0.3) is 0 Å². The van der Waals surface area contributed by atoms with Gasteiger partial charge in [-0.3, -0.25) is 14.4 Å². The van der Waals surface area contributed by atoms with E-state index in [1.54, 1.807) is 13.0 Å². The molecule has 2 aromatic carbocycles. The minimum absolute atomic E-state index is 0.0393. The lowest BCUT2D eigenvalue weighted by Crippen LogP contribution is -2.52. The van der Waals surface area contributed by atoms with Crippen LogP contribution >= 0.6 is 0 Å². The summed E-state index contributed by atoms with van der Waals surface area (Å²) in [5, 5.41) is 2.85. The van der Waals surface area contributed by atoms with Gasteiger partial charge in [-0.25, -0.2) is 12.7 Å². The molecule has 2 atom stereocenters. The molecule has 1 aliphatic heterocycles. The Balaban J connectivity index is 1.87. The number of nitrogens with zero attached hydrogens (tertiary/aromatic N) is 2. The summed E-state index contributed by atoms with van der Waals surface area (Å²) in [4.78, 5) is 39.9. The first kappa shape index (κ1) is 23.5. The summed E-state index contributed by atoms with van der Waals surface area (Å²) in [6.07, 6.45) is 0.726. The molecule has 1 N–H and O–H groups in total. The van der Waals surface area contributed by atoms with Crippen LogP contribution in [0, 0.1) is 0 Å². The van der Waals surface area contributed by atoms with Crippen LogP contribution in [0.4, 0.5) is 0 Å². The molecule has 0 spiro atoms. The second-order valence-electron chi connectivity index (χ2n) is 7.81. The molecule has 0 bridgehead atoms. The lowest BCUT2D eigenvalue weighted by atomic mass is 10.1. The molecule has 1 heterocycles. The van der Waals surface area contributed by atoms with E-state index in [0.29, 0.717) is 4.31 Å². The summed E-state index contributed by atoms with van der Waals surface area (Å²) in [5.41, 5.74) is 0.820. The van der Waals surface area contributed by atoms with E-state index in [4.69, 9.17) is 0 Å². The van der Waals surface area contributed by atoms with Crippen LogP contribution in [-0.2, 0) is 26.2 Å². The molecule has 0 fully saturated rings. The third kappa shape index (κ3) is 4.67. The van der Waals surface area contributed by atoms with Gasteiger partial charge in [0.25, 0.3) is 15.9 Å². The van der Waals surface area contributed by atoms with E-state index in [0.717, 1.165) is 12.0 Å². The summed E-state index contributed by atoms with van der Waals surface area (Å²) < 4.78 is 26.3. The molecular weight excluding hydrogens is 430 g/mol. The number of nitrogens with one attached hydrogen (secondary N) is 1. The molecule has 32 heavy (non-hydrogen) atoms. The van der Waals surface area contributed by atoms with Gasteiger partial charge in [-0.2, -0.15) is 0 Å². The van der Waals surface area contributed by atoms with Gasteiger partial charge in [0.15, 0.2) is 0 Å². The van der Waals surface area contributed by atoms with Crippen molar-refractivity contribution < 1.29 is 22.8 Å². The zero-order valence-corrected chi connectivity index (χ0v) is 19.1. The molecule has 0 radical (unpaired) electrons. The van der Waals surface area contributed by atoms with Crippen molar-refractivity contribution >= 4 is 27.7 Å². The SMILES string of the molecule is CCC(C)NC(=O)C(C)N(Cc1ccccc1)C(=O)CN1C(=O)c2ccccc2S1(=O)=O. The number of fused-ring (bicyclic) bond motifs is 1. The molecule has 2 unspecified atom stereocenters. The maximum Gasteiger partial charge on any atom is 0.269 e. The van der Waals surface area contributed by atoms with Gasteiger partial charge >= 0.3 is 0 Å². The van der Waals surface area contributed by atoms with E-state index < -0.39 is 34.4 Å². The topological polar surface area (TPSA) is 104 Å². The van der Waals surface area contributed by atoms with Crippen molar-refractivity contribution in [3.63, 3.8) is 0 Å².